The van der Waals surface area contributed by atoms with Gasteiger partial charge in [-0.25, -0.2) is 0 Å². The lowest BCUT2D eigenvalue weighted by Gasteiger charge is -2.06. The lowest BCUT2D eigenvalue weighted by molar-refractivity contribution is 0.391. The van der Waals surface area contributed by atoms with Crippen molar-refractivity contribution in [1.29, 1.82) is 0 Å². The zero-order valence-electron chi connectivity index (χ0n) is 14.6. The molecule has 4 rings (SSSR count). The Bertz CT molecular complexity index is 1070. The number of aryl methyl sites for hydroxylation is 2. The molecule has 0 unspecified atom stereocenters. The molecule has 7 nitrogen and oxygen atoms in total. The molecule has 9 heteroatoms. The van der Waals surface area contributed by atoms with E-state index in [1.165, 1.54) is 11.8 Å². The number of nitrogens with zero attached hydrogens (tertiary/aromatic N) is 6. The molecule has 2 aromatic heterocycles. The van der Waals surface area contributed by atoms with Crippen LogP contribution >= 0.6 is 23.4 Å². The van der Waals surface area contributed by atoms with Gasteiger partial charge in [-0.1, -0.05) is 46.7 Å². The summed E-state index contributed by atoms with van der Waals surface area (Å²) in [5.41, 5.74) is 3.96. The molecular weight excluding hydrogens is 384 g/mol. The highest BCUT2D eigenvalue weighted by atomic mass is 35.5. The second-order valence-corrected chi connectivity index (χ2v) is 7.35. The van der Waals surface area contributed by atoms with Crippen molar-refractivity contribution in [2.24, 2.45) is 0 Å². The molecule has 0 spiro atoms. The summed E-state index contributed by atoms with van der Waals surface area (Å²) < 4.78 is 7.04. The standard InChI is InChI=1S/C18H15ClN6OS/c1-11-7-12(2)9-13(8-11)25-18(21-23-24-25)27-10-16-20-17(22-26-16)14-5-3-4-6-15(14)19/h3-9H,10H2,1-2H3. The number of thioether (sulfide) groups is 1. The van der Waals surface area contributed by atoms with Crippen LogP contribution in [0.25, 0.3) is 17.1 Å². The Morgan fingerprint density at radius 3 is 2.67 bits per heavy atom. The molecule has 2 aromatic carbocycles. The Morgan fingerprint density at radius 2 is 1.89 bits per heavy atom. The van der Waals surface area contributed by atoms with E-state index in [1.807, 2.05) is 44.2 Å². The molecule has 0 aliphatic heterocycles. The van der Waals surface area contributed by atoms with Gasteiger partial charge in [-0.15, -0.1) is 5.10 Å². The highest BCUT2D eigenvalue weighted by Gasteiger charge is 2.15. The van der Waals surface area contributed by atoms with Crippen LogP contribution in [-0.2, 0) is 5.75 Å². The maximum absolute atomic E-state index is 6.18. The van der Waals surface area contributed by atoms with Crippen molar-refractivity contribution in [3.8, 4) is 17.1 Å². The van der Waals surface area contributed by atoms with E-state index in [4.69, 9.17) is 16.1 Å². The van der Waals surface area contributed by atoms with Gasteiger partial charge in [0.1, 0.15) is 0 Å². The number of aromatic nitrogens is 6. The van der Waals surface area contributed by atoms with Crippen LogP contribution in [0.5, 0.6) is 0 Å². The van der Waals surface area contributed by atoms with Gasteiger partial charge >= 0.3 is 0 Å². The second kappa shape index (κ2) is 7.50. The van der Waals surface area contributed by atoms with Gasteiger partial charge in [-0.2, -0.15) is 9.67 Å². The number of halogens is 1. The van der Waals surface area contributed by atoms with Crippen LogP contribution in [0, 0.1) is 13.8 Å². The topological polar surface area (TPSA) is 82.5 Å². The van der Waals surface area contributed by atoms with E-state index in [-0.39, 0.29) is 0 Å². The van der Waals surface area contributed by atoms with Gasteiger partial charge in [0.15, 0.2) is 0 Å². The zero-order chi connectivity index (χ0) is 18.8. The first-order valence-corrected chi connectivity index (χ1v) is 9.54. The molecule has 0 aliphatic rings. The average Bonchev–Trinajstić information content (AvgIpc) is 3.29. The molecule has 27 heavy (non-hydrogen) atoms. The molecule has 0 aliphatic carbocycles. The van der Waals surface area contributed by atoms with Crippen LogP contribution in [0.4, 0.5) is 0 Å². The summed E-state index contributed by atoms with van der Waals surface area (Å²) in [6.45, 7) is 4.09. The van der Waals surface area contributed by atoms with E-state index >= 15 is 0 Å². The minimum absolute atomic E-state index is 0.447. The average molecular weight is 399 g/mol. The summed E-state index contributed by atoms with van der Waals surface area (Å²) in [4.78, 5) is 4.41. The van der Waals surface area contributed by atoms with Crippen LogP contribution in [0.2, 0.25) is 5.02 Å². The Balaban J connectivity index is 1.52. The minimum atomic E-state index is 0.447. The van der Waals surface area contributed by atoms with Gasteiger partial charge in [-0.3, -0.25) is 0 Å². The number of benzene rings is 2. The van der Waals surface area contributed by atoms with E-state index in [0.29, 0.717) is 27.6 Å². The van der Waals surface area contributed by atoms with Crippen LogP contribution in [0.15, 0.2) is 52.1 Å². The third-order valence-electron chi connectivity index (χ3n) is 3.80. The third kappa shape index (κ3) is 3.86. The monoisotopic (exact) mass is 398 g/mol. The van der Waals surface area contributed by atoms with Gasteiger partial charge < -0.3 is 4.52 Å². The van der Waals surface area contributed by atoms with Gasteiger partial charge in [0.2, 0.25) is 16.9 Å². The molecule has 0 amide bonds. The lowest BCUT2D eigenvalue weighted by atomic mass is 10.1. The van der Waals surface area contributed by atoms with Crippen molar-refractivity contribution in [2.75, 3.05) is 0 Å². The smallest absolute Gasteiger partial charge is 0.237 e. The first kappa shape index (κ1) is 17.7. The largest absolute Gasteiger partial charge is 0.338 e. The second-order valence-electron chi connectivity index (χ2n) is 6.00. The maximum Gasteiger partial charge on any atom is 0.237 e. The molecule has 0 fully saturated rings. The maximum atomic E-state index is 6.18. The fourth-order valence-electron chi connectivity index (χ4n) is 2.70. The first-order valence-electron chi connectivity index (χ1n) is 8.17. The highest BCUT2D eigenvalue weighted by Crippen LogP contribution is 2.27. The van der Waals surface area contributed by atoms with Crippen molar-refractivity contribution < 1.29 is 4.52 Å². The van der Waals surface area contributed by atoms with Gasteiger partial charge in [0.05, 0.1) is 16.5 Å². The first-order chi connectivity index (χ1) is 13.1. The fraction of sp³-hybridized carbons (Fsp3) is 0.167. The predicted molar refractivity (Wildman–Crippen MR) is 103 cm³/mol. The molecule has 0 atom stereocenters. The van der Waals surface area contributed by atoms with Crippen LogP contribution in [0.1, 0.15) is 17.0 Å². The summed E-state index contributed by atoms with van der Waals surface area (Å²) in [6.07, 6.45) is 0. The molecule has 0 saturated carbocycles. The Labute approximate surface area is 164 Å². The number of tetrazole rings is 1. The summed E-state index contributed by atoms with van der Waals surface area (Å²) >= 11 is 7.61. The van der Waals surface area contributed by atoms with Crippen molar-refractivity contribution in [2.45, 2.75) is 24.8 Å². The molecule has 0 N–H and O–H groups in total. The molecule has 2 heterocycles. The van der Waals surface area contributed by atoms with Crippen LogP contribution in [-0.4, -0.2) is 30.3 Å². The summed E-state index contributed by atoms with van der Waals surface area (Å²) in [5, 5.41) is 17.2. The van der Waals surface area contributed by atoms with E-state index in [2.05, 4.69) is 31.7 Å². The predicted octanol–water partition coefficient (Wildman–Crippen LogP) is 4.27. The van der Waals surface area contributed by atoms with Gasteiger partial charge in [-0.05, 0) is 59.7 Å². The van der Waals surface area contributed by atoms with Crippen LogP contribution < -0.4 is 0 Å². The van der Waals surface area contributed by atoms with E-state index < -0.39 is 0 Å². The molecule has 4 aromatic rings. The molecule has 0 bridgehead atoms. The number of hydrogen-bond acceptors (Lipinski definition) is 7. The van der Waals surface area contributed by atoms with Gasteiger partial charge in [0, 0.05) is 5.56 Å². The molecule has 0 saturated heterocycles. The summed E-state index contributed by atoms with van der Waals surface area (Å²) in [5.74, 6) is 1.39. The van der Waals surface area contributed by atoms with E-state index in [1.54, 1.807) is 10.7 Å². The molecule has 136 valence electrons. The van der Waals surface area contributed by atoms with E-state index in [9.17, 15) is 0 Å². The van der Waals surface area contributed by atoms with Crippen molar-refractivity contribution in [3.05, 3.63) is 64.5 Å². The fourth-order valence-corrected chi connectivity index (χ4v) is 3.64. The SMILES string of the molecule is Cc1cc(C)cc(-n2nnnc2SCc2nc(-c3ccccc3Cl)no2)c1. The Morgan fingerprint density at radius 1 is 1.11 bits per heavy atom. The van der Waals surface area contributed by atoms with Crippen molar-refractivity contribution >= 4 is 23.4 Å². The van der Waals surface area contributed by atoms with Gasteiger partial charge in [0.25, 0.3) is 0 Å². The minimum Gasteiger partial charge on any atom is -0.338 e. The van der Waals surface area contributed by atoms with Crippen LogP contribution in [0.3, 0.4) is 0 Å². The zero-order valence-corrected chi connectivity index (χ0v) is 16.2. The van der Waals surface area contributed by atoms with Crippen molar-refractivity contribution in [1.82, 2.24) is 30.3 Å². The normalized spacial score (nSPS) is 11.1. The van der Waals surface area contributed by atoms with Crippen molar-refractivity contribution in [3.63, 3.8) is 0 Å². The number of hydrogen-bond donors (Lipinski definition) is 0. The number of rotatable bonds is 5. The highest BCUT2D eigenvalue weighted by molar-refractivity contribution is 7.98. The summed E-state index contributed by atoms with van der Waals surface area (Å²) in [7, 11) is 0. The van der Waals surface area contributed by atoms with E-state index in [0.717, 1.165) is 22.4 Å². The molecule has 0 radical (unpaired) electrons. The molecular formula is C18H15ClN6OS. The Kier molecular flexibility index (Phi) is 4.91. The Hall–Kier alpha value is -2.71. The quantitative estimate of drug-likeness (QED) is 0.464. The summed E-state index contributed by atoms with van der Waals surface area (Å²) in [6, 6.07) is 13.6. The lowest BCUT2D eigenvalue weighted by Crippen LogP contribution is -2.00. The third-order valence-corrected chi connectivity index (χ3v) is 5.03.